The van der Waals surface area contributed by atoms with E-state index in [-0.39, 0.29) is 12.6 Å². The van der Waals surface area contributed by atoms with E-state index in [2.05, 4.69) is 47.5 Å². The Morgan fingerprint density at radius 2 is 1.75 bits per heavy atom. The molecule has 1 fully saturated rings. The van der Waals surface area contributed by atoms with Crippen LogP contribution in [-0.4, -0.2) is 54.4 Å². The molecule has 0 aliphatic carbocycles. The van der Waals surface area contributed by atoms with Gasteiger partial charge in [-0.15, -0.1) is 0 Å². The summed E-state index contributed by atoms with van der Waals surface area (Å²) in [6.07, 6.45) is 0. The van der Waals surface area contributed by atoms with Gasteiger partial charge in [0.25, 0.3) is 0 Å². The standard InChI is InChI=1S/C22H27N5O/c1-17(18-7-3-2-4-8-18)23-21-19-9-5-6-10-20(19)24-22(25-21)27-13-11-26(12-14-27)15-16-28/h2-10,17,28H,11-16H2,1H3,(H,23,24,25)/p+1/t17-/m0/s1. The van der Waals surface area contributed by atoms with E-state index in [1.165, 1.54) is 10.5 Å². The van der Waals surface area contributed by atoms with Crippen molar-refractivity contribution in [1.29, 1.82) is 0 Å². The second kappa shape index (κ2) is 8.54. The van der Waals surface area contributed by atoms with Crippen molar-refractivity contribution in [3.63, 3.8) is 0 Å². The molecule has 146 valence electrons. The second-order valence-corrected chi connectivity index (χ2v) is 7.38. The van der Waals surface area contributed by atoms with Gasteiger partial charge in [-0.2, -0.15) is 4.98 Å². The number of aliphatic hydroxyl groups excluding tert-OH is 1. The molecule has 0 amide bonds. The minimum Gasteiger partial charge on any atom is -0.391 e. The Morgan fingerprint density at radius 3 is 2.50 bits per heavy atom. The number of nitrogens with zero attached hydrogens (tertiary/aromatic N) is 3. The molecule has 3 aromatic rings. The number of anilines is 2. The molecule has 1 aliphatic heterocycles. The summed E-state index contributed by atoms with van der Waals surface area (Å²) < 4.78 is 0. The predicted octanol–water partition coefficient (Wildman–Crippen LogP) is 1.50. The smallest absolute Gasteiger partial charge is 0.228 e. The van der Waals surface area contributed by atoms with E-state index in [0.717, 1.165) is 55.4 Å². The van der Waals surface area contributed by atoms with Crippen molar-refractivity contribution in [1.82, 2.24) is 9.97 Å². The van der Waals surface area contributed by atoms with Crippen molar-refractivity contribution in [2.75, 3.05) is 49.5 Å². The third kappa shape index (κ3) is 4.08. The third-order valence-corrected chi connectivity index (χ3v) is 5.46. The van der Waals surface area contributed by atoms with Crippen molar-refractivity contribution in [3.8, 4) is 0 Å². The fourth-order valence-electron chi connectivity index (χ4n) is 3.78. The number of piperazine rings is 1. The number of aliphatic hydroxyl groups is 1. The first-order valence-electron chi connectivity index (χ1n) is 10.0. The number of aromatic nitrogens is 2. The highest BCUT2D eigenvalue weighted by atomic mass is 16.3. The average Bonchev–Trinajstić information content (AvgIpc) is 2.75. The number of hydrogen-bond donors (Lipinski definition) is 3. The van der Waals surface area contributed by atoms with Crippen LogP contribution in [0.1, 0.15) is 18.5 Å². The number of para-hydroxylation sites is 1. The maximum Gasteiger partial charge on any atom is 0.228 e. The first kappa shape index (κ1) is 18.7. The SMILES string of the molecule is C[C@H](Nc1nc(N2CC[NH+](CCO)CC2)nc2ccccc12)c1ccccc1. The molecule has 28 heavy (non-hydrogen) atoms. The first-order chi connectivity index (χ1) is 13.7. The molecular formula is C22H28N5O+. The molecule has 1 saturated heterocycles. The monoisotopic (exact) mass is 378 g/mol. The first-order valence-corrected chi connectivity index (χ1v) is 10.0. The number of nitrogens with one attached hydrogen (secondary N) is 2. The lowest BCUT2D eigenvalue weighted by atomic mass is 10.1. The molecule has 0 spiro atoms. The molecule has 4 rings (SSSR count). The lowest BCUT2D eigenvalue weighted by Crippen LogP contribution is -3.15. The molecule has 0 radical (unpaired) electrons. The minimum absolute atomic E-state index is 0.151. The summed E-state index contributed by atoms with van der Waals surface area (Å²) >= 11 is 0. The fourth-order valence-corrected chi connectivity index (χ4v) is 3.78. The van der Waals surface area contributed by atoms with Crippen LogP contribution in [-0.2, 0) is 0 Å². The lowest BCUT2D eigenvalue weighted by Gasteiger charge is -2.32. The van der Waals surface area contributed by atoms with Crippen LogP contribution in [0.4, 0.5) is 11.8 Å². The Labute approximate surface area is 165 Å². The molecule has 1 aromatic heterocycles. The van der Waals surface area contributed by atoms with Gasteiger partial charge in [-0.3, -0.25) is 0 Å². The summed E-state index contributed by atoms with van der Waals surface area (Å²) in [5.41, 5.74) is 2.19. The Balaban J connectivity index is 1.61. The molecule has 1 aliphatic rings. The van der Waals surface area contributed by atoms with Gasteiger partial charge < -0.3 is 20.2 Å². The summed E-state index contributed by atoms with van der Waals surface area (Å²) in [6.45, 7) is 7.02. The van der Waals surface area contributed by atoms with Crippen molar-refractivity contribution in [2.45, 2.75) is 13.0 Å². The normalized spacial score (nSPS) is 16.3. The van der Waals surface area contributed by atoms with Gasteiger partial charge in [-0.1, -0.05) is 42.5 Å². The number of benzene rings is 2. The maximum absolute atomic E-state index is 9.17. The van der Waals surface area contributed by atoms with E-state index < -0.39 is 0 Å². The summed E-state index contributed by atoms with van der Waals surface area (Å²) in [5.74, 6) is 1.66. The Hall–Kier alpha value is -2.70. The van der Waals surface area contributed by atoms with Crippen LogP contribution in [0, 0.1) is 0 Å². The van der Waals surface area contributed by atoms with Gasteiger partial charge in [0.2, 0.25) is 5.95 Å². The van der Waals surface area contributed by atoms with Gasteiger partial charge in [0.1, 0.15) is 12.4 Å². The van der Waals surface area contributed by atoms with Crippen LogP contribution < -0.4 is 15.1 Å². The summed E-state index contributed by atoms with van der Waals surface area (Å²) in [4.78, 5) is 13.4. The summed E-state index contributed by atoms with van der Waals surface area (Å²) in [7, 11) is 0. The fraction of sp³-hybridized carbons (Fsp3) is 0.364. The quantitative estimate of drug-likeness (QED) is 0.607. The number of hydrogen-bond acceptors (Lipinski definition) is 5. The second-order valence-electron chi connectivity index (χ2n) is 7.38. The highest BCUT2D eigenvalue weighted by Gasteiger charge is 2.22. The molecule has 1 atom stereocenters. The highest BCUT2D eigenvalue weighted by Crippen LogP contribution is 2.27. The van der Waals surface area contributed by atoms with E-state index in [0.29, 0.717) is 0 Å². The molecule has 2 heterocycles. The lowest BCUT2D eigenvalue weighted by molar-refractivity contribution is -0.900. The molecular weight excluding hydrogens is 350 g/mol. The van der Waals surface area contributed by atoms with E-state index in [1.54, 1.807) is 0 Å². The van der Waals surface area contributed by atoms with E-state index >= 15 is 0 Å². The van der Waals surface area contributed by atoms with Crippen LogP contribution in [0.3, 0.4) is 0 Å². The molecule has 0 unspecified atom stereocenters. The molecule has 0 saturated carbocycles. The molecule has 6 heteroatoms. The third-order valence-electron chi connectivity index (χ3n) is 5.46. The van der Waals surface area contributed by atoms with Crippen LogP contribution in [0.5, 0.6) is 0 Å². The Kier molecular flexibility index (Phi) is 5.69. The summed E-state index contributed by atoms with van der Waals surface area (Å²) in [5, 5.41) is 13.8. The number of quaternary nitrogens is 1. The number of rotatable bonds is 6. The van der Waals surface area contributed by atoms with Gasteiger partial charge in [0, 0.05) is 11.4 Å². The molecule has 2 aromatic carbocycles. The van der Waals surface area contributed by atoms with Crippen LogP contribution >= 0.6 is 0 Å². The number of fused-ring (bicyclic) bond motifs is 1. The van der Waals surface area contributed by atoms with Crippen molar-refractivity contribution in [3.05, 3.63) is 60.2 Å². The molecule has 0 bridgehead atoms. The zero-order valence-electron chi connectivity index (χ0n) is 16.3. The van der Waals surface area contributed by atoms with Crippen LogP contribution in [0.15, 0.2) is 54.6 Å². The van der Waals surface area contributed by atoms with Crippen molar-refractivity contribution >= 4 is 22.7 Å². The zero-order chi connectivity index (χ0) is 19.3. The summed E-state index contributed by atoms with van der Waals surface area (Å²) in [6, 6.07) is 18.7. The van der Waals surface area contributed by atoms with Crippen molar-refractivity contribution < 1.29 is 10.0 Å². The minimum atomic E-state index is 0.151. The average molecular weight is 379 g/mol. The Bertz CT molecular complexity index is 909. The van der Waals surface area contributed by atoms with Gasteiger partial charge in [0.15, 0.2) is 0 Å². The van der Waals surface area contributed by atoms with Gasteiger partial charge in [0.05, 0.1) is 38.3 Å². The van der Waals surface area contributed by atoms with Crippen LogP contribution in [0.2, 0.25) is 0 Å². The van der Waals surface area contributed by atoms with E-state index in [1.807, 2.05) is 24.3 Å². The van der Waals surface area contributed by atoms with Gasteiger partial charge in [-0.25, -0.2) is 4.98 Å². The maximum atomic E-state index is 9.17. The largest absolute Gasteiger partial charge is 0.391 e. The van der Waals surface area contributed by atoms with Crippen molar-refractivity contribution in [2.24, 2.45) is 0 Å². The topological polar surface area (TPSA) is 65.7 Å². The van der Waals surface area contributed by atoms with E-state index in [4.69, 9.17) is 15.1 Å². The van der Waals surface area contributed by atoms with Gasteiger partial charge >= 0.3 is 0 Å². The predicted molar refractivity (Wildman–Crippen MR) is 113 cm³/mol. The Morgan fingerprint density at radius 1 is 1.04 bits per heavy atom. The zero-order valence-corrected chi connectivity index (χ0v) is 16.3. The highest BCUT2D eigenvalue weighted by molar-refractivity contribution is 5.90. The molecule has 6 nitrogen and oxygen atoms in total. The van der Waals surface area contributed by atoms with Gasteiger partial charge in [-0.05, 0) is 24.6 Å². The van der Waals surface area contributed by atoms with E-state index in [9.17, 15) is 0 Å². The molecule has 3 N–H and O–H groups in total. The van der Waals surface area contributed by atoms with Crippen LogP contribution in [0.25, 0.3) is 10.9 Å².